The molecule has 1 N–H and O–H groups in total. The summed E-state index contributed by atoms with van der Waals surface area (Å²) in [7, 11) is 1.62. The van der Waals surface area contributed by atoms with Gasteiger partial charge in [0.1, 0.15) is 0 Å². The average Bonchev–Trinajstić information content (AvgIpc) is 3.42. The van der Waals surface area contributed by atoms with Crippen LogP contribution in [0.15, 0.2) is 66.2 Å². The van der Waals surface area contributed by atoms with Crippen LogP contribution in [0.3, 0.4) is 0 Å². The number of hydrogen-bond donors (Lipinski definition) is 1. The number of benzene rings is 2. The zero-order chi connectivity index (χ0) is 22.3. The number of nitrogens with zero attached hydrogens (tertiary/aromatic N) is 4. The van der Waals surface area contributed by atoms with E-state index >= 15 is 0 Å². The smallest absolute Gasteiger partial charge is 0.321 e. The van der Waals surface area contributed by atoms with E-state index in [-0.39, 0.29) is 6.03 Å². The highest BCUT2D eigenvalue weighted by molar-refractivity contribution is 7.15. The Balaban J connectivity index is 1.45. The van der Waals surface area contributed by atoms with E-state index in [0.717, 1.165) is 21.9 Å². The van der Waals surface area contributed by atoms with Gasteiger partial charge in [-0.15, -0.1) is 11.3 Å². The summed E-state index contributed by atoms with van der Waals surface area (Å²) in [6, 6.07) is 18.8. The summed E-state index contributed by atoms with van der Waals surface area (Å²) in [5.41, 5.74) is 4.33. The van der Waals surface area contributed by atoms with Crippen LogP contribution < -0.4 is 5.32 Å². The molecule has 4 rings (SSSR count). The van der Waals surface area contributed by atoms with Crippen molar-refractivity contribution in [1.29, 1.82) is 5.26 Å². The van der Waals surface area contributed by atoms with Crippen molar-refractivity contribution in [2.45, 2.75) is 6.42 Å². The maximum Gasteiger partial charge on any atom is 0.321 e. The minimum atomic E-state index is -0.200. The molecule has 2 amide bonds. The van der Waals surface area contributed by atoms with Gasteiger partial charge in [-0.1, -0.05) is 30.3 Å². The Labute approximate surface area is 190 Å². The molecule has 0 aliphatic heterocycles. The molecule has 32 heavy (non-hydrogen) atoms. The summed E-state index contributed by atoms with van der Waals surface area (Å²) in [4.78, 5) is 20.3. The number of anilines is 1. The fourth-order valence-electron chi connectivity index (χ4n) is 3.35. The molecular weight excluding hydrogens is 422 g/mol. The molecule has 7 nitrogen and oxygen atoms in total. The molecule has 0 saturated heterocycles. The second kappa shape index (κ2) is 10.1. The van der Waals surface area contributed by atoms with Crippen LogP contribution in [0.2, 0.25) is 0 Å². The van der Waals surface area contributed by atoms with Crippen molar-refractivity contribution >= 4 is 28.0 Å². The molecule has 0 spiro atoms. The van der Waals surface area contributed by atoms with Crippen molar-refractivity contribution in [2.75, 3.05) is 32.1 Å². The molecule has 0 fully saturated rings. The molecular formula is C24H23N5O2S. The number of ether oxygens (including phenoxy) is 1. The molecule has 2 heterocycles. The molecule has 162 valence electrons. The Kier molecular flexibility index (Phi) is 6.80. The largest absolute Gasteiger partial charge is 0.383 e. The number of fused-ring (bicyclic) bond motifs is 1. The van der Waals surface area contributed by atoms with Gasteiger partial charge >= 0.3 is 6.03 Å². The maximum absolute atomic E-state index is 12.9. The maximum atomic E-state index is 12.9. The van der Waals surface area contributed by atoms with Gasteiger partial charge in [-0.25, -0.2) is 9.78 Å². The van der Waals surface area contributed by atoms with E-state index in [4.69, 9.17) is 15.0 Å². The Morgan fingerprint density at radius 3 is 2.69 bits per heavy atom. The molecule has 0 radical (unpaired) electrons. The predicted molar refractivity (Wildman–Crippen MR) is 126 cm³/mol. The van der Waals surface area contributed by atoms with Crippen molar-refractivity contribution < 1.29 is 9.53 Å². The molecule has 8 heteroatoms. The van der Waals surface area contributed by atoms with Crippen LogP contribution in [0.4, 0.5) is 10.5 Å². The fourth-order valence-corrected chi connectivity index (χ4v) is 4.26. The third-order valence-corrected chi connectivity index (χ3v) is 6.00. The van der Waals surface area contributed by atoms with Gasteiger partial charge in [0.2, 0.25) is 0 Å². The summed E-state index contributed by atoms with van der Waals surface area (Å²) in [6.07, 6.45) is 2.74. The Morgan fingerprint density at radius 2 is 1.97 bits per heavy atom. The number of nitrogens with one attached hydrogen (secondary N) is 1. The number of carbonyl (C=O) groups is 1. The van der Waals surface area contributed by atoms with Gasteiger partial charge in [0, 0.05) is 55.1 Å². The first-order valence-electron chi connectivity index (χ1n) is 10.2. The second-order valence-electron chi connectivity index (χ2n) is 7.22. The van der Waals surface area contributed by atoms with E-state index in [2.05, 4.69) is 21.2 Å². The van der Waals surface area contributed by atoms with Crippen LogP contribution in [-0.4, -0.2) is 47.1 Å². The molecule has 0 aliphatic carbocycles. The zero-order valence-electron chi connectivity index (χ0n) is 17.7. The van der Waals surface area contributed by atoms with E-state index in [0.29, 0.717) is 37.4 Å². The van der Waals surface area contributed by atoms with Gasteiger partial charge in [0.05, 0.1) is 23.9 Å². The highest BCUT2D eigenvalue weighted by atomic mass is 32.1. The van der Waals surface area contributed by atoms with E-state index in [9.17, 15) is 4.79 Å². The zero-order valence-corrected chi connectivity index (χ0v) is 18.5. The van der Waals surface area contributed by atoms with Crippen LogP contribution in [0.1, 0.15) is 11.3 Å². The lowest BCUT2D eigenvalue weighted by Gasteiger charge is -2.22. The number of methoxy groups -OCH3 is 1. The first-order chi connectivity index (χ1) is 15.7. The molecule has 0 saturated carbocycles. The molecule has 0 bridgehead atoms. The molecule has 4 aromatic rings. The highest BCUT2D eigenvalue weighted by Crippen LogP contribution is 2.24. The van der Waals surface area contributed by atoms with E-state index in [1.807, 2.05) is 36.5 Å². The van der Waals surface area contributed by atoms with Gasteiger partial charge in [0.25, 0.3) is 0 Å². The number of hydrogen-bond acceptors (Lipinski definition) is 5. The van der Waals surface area contributed by atoms with Crippen molar-refractivity contribution in [2.24, 2.45) is 0 Å². The first-order valence-corrected chi connectivity index (χ1v) is 11.1. The van der Waals surface area contributed by atoms with Crippen LogP contribution in [0.5, 0.6) is 0 Å². The predicted octanol–water partition coefficient (Wildman–Crippen LogP) is 4.66. The van der Waals surface area contributed by atoms with E-state index in [1.165, 1.54) is 0 Å². The number of imidazole rings is 1. The van der Waals surface area contributed by atoms with Gasteiger partial charge in [-0.3, -0.25) is 4.40 Å². The number of aromatic nitrogens is 2. The Bertz CT molecular complexity index is 1230. The summed E-state index contributed by atoms with van der Waals surface area (Å²) in [6.45, 7) is 1.46. The number of rotatable bonds is 8. The number of thiazole rings is 1. The van der Waals surface area contributed by atoms with Crippen molar-refractivity contribution in [3.05, 3.63) is 77.4 Å². The standard InChI is InChI=1S/C24H23N5O2S/c1-31-14-13-28(23(30)26-20-9-7-18(15-25)8-10-20)12-11-21-17-32-24-27-22(16-29(21)24)19-5-3-2-4-6-19/h2-10,16-17H,11-14H2,1H3,(H,26,30). The molecule has 2 aromatic carbocycles. The topological polar surface area (TPSA) is 82.7 Å². The minimum absolute atomic E-state index is 0.200. The van der Waals surface area contributed by atoms with Crippen molar-refractivity contribution in [1.82, 2.24) is 14.3 Å². The summed E-state index contributed by atoms with van der Waals surface area (Å²) in [5, 5.41) is 13.9. The molecule has 0 unspecified atom stereocenters. The SMILES string of the molecule is COCCN(CCc1csc2nc(-c3ccccc3)cn12)C(=O)Nc1ccc(C#N)cc1. The van der Waals surface area contributed by atoms with Gasteiger partial charge in [0.15, 0.2) is 4.96 Å². The molecule has 2 aromatic heterocycles. The van der Waals surface area contributed by atoms with Crippen LogP contribution >= 0.6 is 11.3 Å². The normalized spacial score (nSPS) is 10.8. The van der Waals surface area contributed by atoms with Crippen molar-refractivity contribution in [3.8, 4) is 17.3 Å². The number of amides is 2. The lowest BCUT2D eigenvalue weighted by molar-refractivity contribution is 0.155. The summed E-state index contributed by atoms with van der Waals surface area (Å²) in [5.74, 6) is 0. The lowest BCUT2D eigenvalue weighted by Crippen LogP contribution is -2.38. The summed E-state index contributed by atoms with van der Waals surface area (Å²) < 4.78 is 7.29. The Morgan fingerprint density at radius 1 is 1.19 bits per heavy atom. The third-order valence-electron chi connectivity index (χ3n) is 5.11. The lowest BCUT2D eigenvalue weighted by atomic mass is 10.2. The average molecular weight is 446 g/mol. The fraction of sp³-hybridized carbons (Fsp3) is 0.208. The van der Waals surface area contributed by atoms with Crippen LogP contribution in [0.25, 0.3) is 16.2 Å². The van der Waals surface area contributed by atoms with Crippen LogP contribution in [0, 0.1) is 11.3 Å². The quantitative estimate of drug-likeness (QED) is 0.428. The molecule has 0 atom stereocenters. The number of carbonyl (C=O) groups excluding carboxylic acids is 1. The molecule has 0 aliphatic rings. The van der Waals surface area contributed by atoms with Crippen molar-refractivity contribution in [3.63, 3.8) is 0 Å². The number of urea groups is 1. The monoisotopic (exact) mass is 445 g/mol. The van der Waals surface area contributed by atoms with Gasteiger partial charge in [-0.05, 0) is 24.3 Å². The Hall–Kier alpha value is -3.67. The second-order valence-corrected chi connectivity index (χ2v) is 8.06. The number of nitriles is 1. The highest BCUT2D eigenvalue weighted by Gasteiger charge is 2.16. The third kappa shape index (κ3) is 4.97. The summed E-state index contributed by atoms with van der Waals surface area (Å²) >= 11 is 1.60. The van der Waals surface area contributed by atoms with E-state index < -0.39 is 0 Å². The first kappa shape index (κ1) is 21.6. The van der Waals surface area contributed by atoms with E-state index in [1.54, 1.807) is 47.6 Å². The van der Waals surface area contributed by atoms with Gasteiger partial charge < -0.3 is 15.0 Å². The van der Waals surface area contributed by atoms with Gasteiger partial charge in [-0.2, -0.15) is 5.26 Å². The minimum Gasteiger partial charge on any atom is -0.383 e. The van der Waals surface area contributed by atoms with Crippen LogP contribution in [-0.2, 0) is 11.2 Å².